The standard InChI is InChI=1S/C26H20N6O3S/c33-24-8-2-4-17-9-10-21(15-22(17)24)36(34,35)31-20-7-1-5-18(14-20)23-11-12-25-28-29-26(32(25)30-23)19-6-3-13-27-16-19/h1,3,5-7,9-16,31H,2,4,8H2. The van der Waals surface area contributed by atoms with Crippen LogP contribution in [0.1, 0.15) is 28.8 Å². The van der Waals surface area contributed by atoms with Crippen molar-refractivity contribution in [3.63, 3.8) is 0 Å². The molecule has 0 saturated heterocycles. The number of carbonyl (C=O) groups is 1. The van der Waals surface area contributed by atoms with Crippen molar-refractivity contribution in [3.05, 3.63) is 90.3 Å². The summed E-state index contributed by atoms with van der Waals surface area (Å²) >= 11 is 0. The number of benzene rings is 2. The summed E-state index contributed by atoms with van der Waals surface area (Å²) in [6, 6.07) is 19.0. The van der Waals surface area contributed by atoms with Crippen molar-refractivity contribution < 1.29 is 13.2 Å². The smallest absolute Gasteiger partial charge is 0.261 e. The Kier molecular flexibility index (Phi) is 5.30. The Morgan fingerprint density at radius 3 is 2.64 bits per heavy atom. The van der Waals surface area contributed by atoms with E-state index in [-0.39, 0.29) is 10.7 Å². The first-order valence-electron chi connectivity index (χ1n) is 11.4. The SMILES string of the molecule is O=C1CCCc2ccc(S(=O)(=O)Nc3cccc(-c4ccc5nnc(-c6cccnc6)n5n4)c3)cc21. The molecule has 3 aromatic heterocycles. The largest absolute Gasteiger partial charge is 0.294 e. The zero-order valence-corrected chi connectivity index (χ0v) is 19.8. The van der Waals surface area contributed by atoms with E-state index in [0.717, 1.165) is 24.0 Å². The molecule has 5 aromatic rings. The fourth-order valence-corrected chi connectivity index (χ4v) is 5.42. The monoisotopic (exact) mass is 496 g/mol. The molecule has 0 radical (unpaired) electrons. The topological polar surface area (TPSA) is 119 Å². The van der Waals surface area contributed by atoms with E-state index in [2.05, 4.69) is 25.0 Å². The van der Waals surface area contributed by atoms with Crippen LogP contribution >= 0.6 is 0 Å². The van der Waals surface area contributed by atoms with E-state index in [1.54, 1.807) is 59.4 Å². The number of anilines is 1. The van der Waals surface area contributed by atoms with Gasteiger partial charge in [-0.25, -0.2) is 8.42 Å². The van der Waals surface area contributed by atoms with Crippen molar-refractivity contribution >= 4 is 27.1 Å². The minimum Gasteiger partial charge on any atom is -0.294 e. The molecular formula is C26H20N6O3S. The Hall–Kier alpha value is -4.44. The molecule has 10 heteroatoms. The highest BCUT2D eigenvalue weighted by Crippen LogP contribution is 2.27. The molecule has 2 aromatic carbocycles. The lowest BCUT2D eigenvalue weighted by Gasteiger charge is -2.16. The molecule has 36 heavy (non-hydrogen) atoms. The van der Waals surface area contributed by atoms with Gasteiger partial charge in [-0.15, -0.1) is 10.2 Å². The number of nitrogens with zero attached hydrogens (tertiary/aromatic N) is 5. The van der Waals surface area contributed by atoms with Gasteiger partial charge in [0, 0.05) is 41.2 Å². The average molecular weight is 497 g/mol. The third-order valence-electron chi connectivity index (χ3n) is 6.14. The predicted molar refractivity (Wildman–Crippen MR) is 134 cm³/mol. The number of hydrogen-bond donors (Lipinski definition) is 1. The van der Waals surface area contributed by atoms with Crippen LogP contribution in [0.3, 0.4) is 0 Å². The molecule has 6 rings (SSSR count). The molecule has 9 nitrogen and oxygen atoms in total. The van der Waals surface area contributed by atoms with Crippen LogP contribution in [-0.4, -0.2) is 39.0 Å². The van der Waals surface area contributed by atoms with E-state index in [1.165, 1.54) is 6.07 Å². The number of Topliss-reactive ketones (excluding diaryl/α,β-unsaturated/α-hetero) is 1. The Labute approximate surface area is 206 Å². The van der Waals surface area contributed by atoms with Gasteiger partial charge in [-0.1, -0.05) is 18.2 Å². The quantitative estimate of drug-likeness (QED) is 0.388. The van der Waals surface area contributed by atoms with Crippen LogP contribution < -0.4 is 4.72 Å². The first-order valence-corrected chi connectivity index (χ1v) is 12.9. The lowest BCUT2D eigenvalue weighted by atomic mass is 9.91. The minimum absolute atomic E-state index is 0.0172. The Morgan fingerprint density at radius 2 is 1.78 bits per heavy atom. The molecule has 178 valence electrons. The van der Waals surface area contributed by atoms with Crippen molar-refractivity contribution in [1.29, 1.82) is 0 Å². The maximum Gasteiger partial charge on any atom is 0.261 e. The average Bonchev–Trinajstić information content (AvgIpc) is 3.32. The Morgan fingerprint density at radius 1 is 0.889 bits per heavy atom. The molecule has 1 N–H and O–H groups in total. The summed E-state index contributed by atoms with van der Waals surface area (Å²) in [5.74, 6) is 0.537. The predicted octanol–water partition coefficient (Wildman–Crippen LogP) is 4.17. The van der Waals surface area contributed by atoms with Crippen LogP contribution in [0.2, 0.25) is 0 Å². The van der Waals surface area contributed by atoms with Crippen molar-refractivity contribution in [3.8, 4) is 22.6 Å². The van der Waals surface area contributed by atoms with E-state index in [1.807, 2.05) is 18.2 Å². The van der Waals surface area contributed by atoms with Gasteiger partial charge in [0.1, 0.15) is 0 Å². The first kappa shape index (κ1) is 22.1. The lowest BCUT2D eigenvalue weighted by Crippen LogP contribution is -2.16. The van der Waals surface area contributed by atoms with Gasteiger partial charge in [0.05, 0.1) is 10.6 Å². The highest BCUT2D eigenvalue weighted by atomic mass is 32.2. The lowest BCUT2D eigenvalue weighted by molar-refractivity contribution is 0.0972. The number of ketones is 1. The second kappa shape index (κ2) is 8.65. The van der Waals surface area contributed by atoms with Gasteiger partial charge < -0.3 is 0 Å². The van der Waals surface area contributed by atoms with Crippen LogP contribution in [-0.2, 0) is 16.4 Å². The second-order valence-corrected chi connectivity index (χ2v) is 10.2. The molecule has 1 aliphatic rings. The minimum atomic E-state index is -3.89. The van der Waals surface area contributed by atoms with E-state index >= 15 is 0 Å². The number of fused-ring (bicyclic) bond motifs is 2. The number of carbonyl (C=O) groups excluding carboxylic acids is 1. The molecule has 0 unspecified atom stereocenters. The number of aryl methyl sites for hydroxylation is 1. The van der Waals surface area contributed by atoms with Gasteiger partial charge in [-0.2, -0.15) is 9.61 Å². The highest BCUT2D eigenvalue weighted by molar-refractivity contribution is 7.92. The maximum atomic E-state index is 13.1. The fraction of sp³-hybridized carbons (Fsp3) is 0.115. The molecule has 0 saturated carbocycles. The zero-order valence-electron chi connectivity index (χ0n) is 19.0. The summed E-state index contributed by atoms with van der Waals surface area (Å²) in [6.07, 6.45) is 5.39. The summed E-state index contributed by atoms with van der Waals surface area (Å²) in [4.78, 5) is 16.5. The number of hydrogen-bond acceptors (Lipinski definition) is 7. The number of aromatic nitrogens is 5. The molecular weight excluding hydrogens is 476 g/mol. The molecule has 0 spiro atoms. The molecule has 0 atom stereocenters. The van der Waals surface area contributed by atoms with Crippen LogP contribution in [0, 0.1) is 0 Å². The van der Waals surface area contributed by atoms with Crippen LogP contribution in [0.15, 0.2) is 84.0 Å². The molecule has 0 aliphatic heterocycles. The third kappa shape index (κ3) is 4.01. The summed E-state index contributed by atoms with van der Waals surface area (Å²) in [7, 11) is -3.89. The van der Waals surface area contributed by atoms with E-state index in [0.29, 0.717) is 40.4 Å². The number of rotatable bonds is 5. The Bertz CT molecular complexity index is 1730. The van der Waals surface area contributed by atoms with Crippen LogP contribution in [0.25, 0.3) is 28.3 Å². The summed E-state index contributed by atoms with van der Waals surface area (Å²) in [6.45, 7) is 0. The number of nitrogens with one attached hydrogen (secondary N) is 1. The van der Waals surface area contributed by atoms with Gasteiger partial charge >= 0.3 is 0 Å². The van der Waals surface area contributed by atoms with Gasteiger partial charge in [0.2, 0.25) is 0 Å². The van der Waals surface area contributed by atoms with E-state index in [4.69, 9.17) is 0 Å². The maximum absolute atomic E-state index is 13.1. The molecule has 0 bridgehead atoms. The van der Waals surface area contributed by atoms with Crippen molar-refractivity contribution in [2.24, 2.45) is 0 Å². The van der Waals surface area contributed by atoms with Crippen molar-refractivity contribution in [2.75, 3.05) is 4.72 Å². The van der Waals surface area contributed by atoms with Crippen molar-refractivity contribution in [2.45, 2.75) is 24.2 Å². The summed E-state index contributed by atoms with van der Waals surface area (Å²) < 4.78 is 30.5. The summed E-state index contributed by atoms with van der Waals surface area (Å²) in [5, 5.41) is 13.1. The second-order valence-electron chi connectivity index (χ2n) is 8.54. The first-order chi connectivity index (χ1) is 17.5. The Balaban J connectivity index is 1.32. The van der Waals surface area contributed by atoms with Gasteiger partial charge in [0.25, 0.3) is 10.0 Å². The molecule has 1 aliphatic carbocycles. The fourth-order valence-electron chi connectivity index (χ4n) is 4.35. The third-order valence-corrected chi connectivity index (χ3v) is 7.51. The van der Waals surface area contributed by atoms with Crippen LogP contribution in [0.5, 0.6) is 0 Å². The number of sulfonamides is 1. The number of pyridine rings is 1. The molecule has 0 fully saturated rings. The normalized spacial score (nSPS) is 13.5. The van der Waals surface area contributed by atoms with E-state index in [9.17, 15) is 13.2 Å². The molecule has 3 heterocycles. The summed E-state index contributed by atoms with van der Waals surface area (Å²) in [5.41, 5.74) is 4.46. The van der Waals surface area contributed by atoms with Crippen LogP contribution in [0.4, 0.5) is 5.69 Å². The molecule has 0 amide bonds. The highest BCUT2D eigenvalue weighted by Gasteiger charge is 2.22. The zero-order chi connectivity index (χ0) is 24.7. The van der Waals surface area contributed by atoms with Gasteiger partial charge in [-0.3, -0.25) is 14.5 Å². The van der Waals surface area contributed by atoms with Crippen molar-refractivity contribution in [1.82, 2.24) is 24.8 Å². The van der Waals surface area contributed by atoms with Gasteiger partial charge in [0.15, 0.2) is 17.3 Å². The van der Waals surface area contributed by atoms with Gasteiger partial charge in [-0.05, 0) is 66.9 Å². The van der Waals surface area contributed by atoms with E-state index < -0.39 is 10.0 Å².